The highest BCUT2D eigenvalue weighted by Gasteiger charge is 2.24. The summed E-state index contributed by atoms with van der Waals surface area (Å²) in [5.41, 5.74) is 2.15. The van der Waals surface area contributed by atoms with E-state index in [9.17, 15) is 0 Å². The average Bonchev–Trinajstić information content (AvgIpc) is 3.03. The van der Waals surface area contributed by atoms with E-state index in [2.05, 4.69) is 27.9 Å². The van der Waals surface area contributed by atoms with Crippen molar-refractivity contribution < 1.29 is 9.15 Å². The molecule has 4 rings (SSSR count). The SMILES string of the molecule is Cc1ccccc1-c1nn(CN2CCC[C@H](CN3CCOCC3)C2)c(=S)o1. The maximum Gasteiger partial charge on any atom is 0.288 e. The van der Waals surface area contributed by atoms with E-state index < -0.39 is 0 Å². The van der Waals surface area contributed by atoms with Gasteiger partial charge in [-0.05, 0) is 56.1 Å². The Morgan fingerprint density at radius 3 is 2.78 bits per heavy atom. The van der Waals surface area contributed by atoms with E-state index in [1.54, 1.807) is 0 Å². The lowest BCUT2D eigenvalue weighted by Crippen LogP contribution is -2.44. The molecule has 2 saturated heterocycles. The summed E-state index contributed by atoms with van der Waals surface area (Å²) < 4.78 is 13.1. The van der Waals surface area contributed by atoms with Crippen LogP contribution in [0.3, 0.4) is 0 Å². The van der Waals surface area contributed by atoms with Crippen LogP contribution in [0.15, 0.2) is 28.7 Å². The quantitative estimate of drug-likeness (QED) is 0.733. The number of aryl methyl sites for hydroxylation is 1. The molecule has 1 atom stereocenters. The Morgan fingerprint density at radius 1 is 1.15 bits per heavy atom. The summed E-state index contributed by atoms with van der Waals surface area (Å²) >= 11 is 5.43. The molecule has 7 heteroatoms. The highest BCUT2D eigenvalue weighted by atomic mass is 32.1. The smallest absolute Gasteiger partial charge is 0.288 e. The Balaban J connectivity index is 1.40. The van der Waals surface area contributed by atoms with Crippen molar-refractivity contribution >= 4 is 12.2 Å². The van der Waals surface area contributed by atoms with Crippen LogP contribution in [0.4, 0.5) is 0 Å². The van der Waals surface area contributed by atoms with Crippen molar-refractivity contribution in [2.45, 2.75) is 26.4 Å². The van der Waals surface area contributed by atoms with E-state index >= 15 is 0 Å². The van der Waals surface area contributed by atoms with Gasteiger partial charge in [-0.1, -0.05) is 18.2 Å². The average molecular weight is 389 g/mol. The number of rotatable bonds is 5. The maximum absolute atomic E-state index is 5.79. The molecule has 1 aromatic heterocycles. The first-order valence-corrected chi connectivity index (χ1v) is 10.3. The first kappa shape index (κ1) is 18.8. The molecule has 0 amide bonds. The van der Waals surface area contributed by atoms with Gasteiger partial charge in [0.2, 0.25) is 5.89 Å². The third-order valence-electron chi connectivity index (χ3n) is 5.54. The summed E-state index contributed by atoms with van der Waals surface area (Å²) in [6.45, 7) is 9.97. The number of benzene rings is 1. The monoisotopic (exact) mass is 388 g/mol. The van der Waals surface area contributed by atoms with Crippen molar-refractivity contribution in [2.75, 3.05) is 45.9 Å². The second-order valence-corrected chi connectivity index (χ2v) is 7.98. The van der Waals surface area contributed by atoms with Gasteiger partial charge in [0.05, 0.1) is 19.9 Å². The predicted octanol–water partition coefficient (Wildman–Crippen LogP) is 3.18. The number of ether oxygens (including phenoxy) is 1. The summed E-state index contributed by atoms with van der Waals surface area (Å²) in [7, 11) is 0. The van der Waals surface area contributed by atoms with Gasteiger partial charge in [-0.25, -0.2) is 4.68 Å². The number of hydrogen-bond acceptors (Lipinski definition) is 6. The van der Waals surface area contributed by atoms with Gasteiger partial charge in [-0.15, -0.1) is 5.10 Å². The third-order valence-corrected chi connectivity index (χ3v) is 5.83. The molecule has 3 heterocycles. The van der Waals surface area contributed by atoms with E-state index in [-0.39, 0.29) is 0 Å². The Labute approximate surface area is 165 Å². The first-order chi connectivity index (χ1) is 13.2. The summed E-state index contributed by atoms with van der Waals surface area (Å²) in [6, 6.07) is 8.11. The van der Waals surface area contributed by atoms with Crippen LogP contribution in [0, 0.1) is 17.7 Å². The molecule has 27 heavy (non-hydrogen) atoms. The van der Waals surface area contributed by atoms with Crippen molar-refractivity contribution in [3.8, 4) is 11.5 Å². The Hall–Kier alpha value is -1.54. The minimum absolute atomic E-state index is 0.448. The molecule has 0 aliphatic carbocycles. The Bertz CT molecular complexity index is 812. The number of hydrogen-bond donors (Lipinski definition) is 0. The van der Waals surface area contributed by atoms with Crippen LogP contribution >= 0.6 is 12.2 Å². The van der Waals surface area contributed by atoms with Gasteiger partial charge in [0.25, 0.3) is 4.84 Å². The third kappa shape index (κ3) is 4.66. The molecule has 0 radical (unpaired) electrons. The van der Waals surface area contributed by atoms with Crippen LogP contribution in [0.1, 0.15) is 18.4 Å². The fourth-order valence-corrected chi connectivity index (χ4v) is 4.26. The van der Waals surface area contributed by atoms with Gasteiger partial charge in [0.1, 0.15) is 0 Å². The van der Waals surface area contributed by atoms with Gasteiger partial charge < -0.3 is 9.15 Å². The van der Waals surface area contributed by atoms with Gasteiger partial charge in [0.15, 0.2) is 0 Å². The lowest BCUT2D eigenvalue weighted by molar-refractivity contribution is 0.0202. The molecule has 0 N–H and O–H groups in total. The Kier molecular flexibility index (Phi) is 6.02. The van der Waals surface area contributed by atoms with Crippen molar-refractivity contribution in [1.29, 1.82) is 0 Å². The molecule has 146 valence electrons. The molecule has 2 aliphatic heterocycles. The Morgan fingerprint density at radius 2 is 1.96 bits per heavy atom. The van der Waals surface area contributed by atoms with Crippen LogP contribution in [0.5, 0.6) is 0 Å². The van der Waals surface area contributed by atoms with Crippen LogP contribution < -0.4 is 0 Å². The topological polar surface area (TPSA) is 46.7 Å². The lowest BCUT2D eigenvalue weighted by Gasteiger charge is -2.36. The summed E-state index contributed by atoms with van der Waals surface area (Å²) in [6.07, 6.45) is 2.53. The normalized spacial score (nSPS) is 22.2. The predicted molar refractivity (Wildman–Crippen MR) is 107 cm³/mol. The van der Waals surface area contributed by atoms with Crippen LogP contribution in [-0.2, 0) is 11.4 Å². The molecule has 2 aromatic rings. The lowest BCUT2D eigenvalue weighted by atomic mass is 9.97. The van der Waals surface area contributed by atoms with Gasteiger partial charge in [-0.2, -0.15) is 0 Å². The van der Waals surface area contributed by atoms with Gasteiger partial charge in [0, 0.05) is 31.7 Å². The van der Waals surface area contributed by atoms with Gasteiger partial charge >= 0.3 is 0 Å². The standard InChI is InChI=1S/C20H28N4O2S/c1-16-5-2-3-7-18(16)19-21-24(20(27)26-19)15-23-8-4-6-17(14-23)13-22-9-11-25-12-10-22/h2-3,5,7,17H,4,6,8-15H2,1H3/t17-/m1/s1. The zero-order valence-corrected chi connectivity index (χ0v) is 16.8. The molecule has 0 unspecified atom stereocenters. The van der Waals surface area contributed by atoms with E-state index in [4.69, 9.17) is 21.4 Å². The molecule has 0 spiro atoms. The van der Waals surface area contributed by atoms with Crippen molar-refractivity contribution in [2.24, 2.45) is 5.92 Å². The molecule has 0 saturated carbocycles. The molecule has 2 aliphatic rings. The van der Waals surface area contributed by atoms with Crippen molar-refractivity contribution in [3.05, 3.63) is 34.7 Å². The number of piperidine rings is 1. The minimum Gasteiger partial charge on any atom is -0.409 e. The number of aromatic nitrogens is 2. The molecule has 6 nitrogen and oxygen atoms in total. The van der Waals surface area contributed by atoms with Gasteiger partial charge in [-0.3, -0.25) is 9.80 Å². The molecule has 1 aromatic carbocycles. The zero-order valence-electron chi connectivity index (χ0n) is 16.0. The first-order valence-electron chi connectivity index (χ1n) is 9.85. The van der Waals surface area contributed by atoms with Crippen LogP contribution in [-0.4, -0.2) is 65.5 Å². The van der Waals surface area contributed by atoms with E-state index in [1.165, 1.54) is 19.4 Å². The summed E-state index contributed by atoms with van der Waals surface area (Å²) in [5.74, 6) is 1.31. The largest absolute Gasteiger partial charge is 0.409 e. The zero-order chi connectivity index (χ0) is 18.6. The highest BCUT2D eigenvalue weighted by Crippen LogP contribution is 2.23. The van der Waals surface area contributed by atoms with Crippen LogP contribution in [0.25, 0.3) is 11.5 Å². The number of nitrogens with zero attached hydrogens (tertiary/aromatic N) is 4. The number of morpholine rings is 1. The van der Waals surface area contributed by atoms with E-state index in [1.807, 2.05) is 22.9 Å². The van der Waals surface area contributed by atoms with Crippen molar-refractivity contribution in [1.82, 2.24) is 19.6 Å². The summed E-state index contributed by atoms with van der Waals surface area (Å²) in [5, 5.41) is 4.65. The van der Waals surface area contributed by atoms with Crippen LogP contribution in [0.2, 0.25) is 0 Å². The van der Waals surface area contributed by atoms with Crippen molar-refractivity contribution in [3.63, 3.8) is 0 Å². The minimum atomic E-state index is 0.448. The highest BCUT2D eigenvalue weighted by molar-refractivity contribution is 7.71. The molecule has 0 bridgehead atoms. The second kappa shape index (κ2) is 8.65. The molecular formula is C20H28N4O2S. The second-order valence-electron chi connectivity index (χ2n) is 7.63. The van der Waals surface area contributed by atoms with E-state index in [0.717, 1.165) is 50.5 Å². The fraction of sp³-hybridized carbons (Fsp3) is 0.600. The maximum atomic E-state index is 5.79. The molecular weight excluding hydrogens is 360 g/mol. The fourth-order valence-electron chi connectivity index (χ4n) is 4.08. The molecule has 2 fully saturated rings. The van der Waals surface area contributed by atoms with E-state index in [0.29, 0.717) is 23.3 Å². The number of likely N-dealkylation sites (tertiary alicyclic amines) is 1. The summed E-state index contributed by atoms with van der Waals surface area (Å²) in [4.78, 5) is 5.44.